The van der Waals surface area contributed by atoms with Crippen LogP contribution in [-0.2, 0) is 15.6 Å². The number of hydrogen-bond acceptors (Lipinski definition) is 3. The minimum atomic E-state index is -3.48. The average Bonchev–Trinajstić information content (AvgIpc) is 2.40. The summed E-state index contributed by atoms with van der Waals surface area (Å²) >= 11 is 3.27. The highest BCUT2D eigenvalue weighted by molar-refractivity contribution is 9.10. The fourth-order valence-corrected chi connectivity index (χ4v) is 3.87. The van der Waals surface area contributed by atoms with Crippen molar-refractivity contribution in [3.05, 3.63) is 69.7 Å². The lowest BCUT2D eigenvalue weighted by Gasteiger charge is -2.07. The van der Waals surface area contributed by atoms with Crippen molar-refractivity contribution < 1.29 is 13.2 Å². The van der Waals surface area contributed by atoms with Crippen molar-refractivity contribution in [3.8, 4) is 0 Å². The lowest BCUT2D eigenvalue weighted by Crippen LogP contribution is -2.18. The minimum absolute atomic E-state index is 0.112. The van der Waals surface area contributed by atoms with Crippen molar-refractivity contribution in [1.82, 2.24) is 0 Å². The van der Waals surface area contributed by atoms with E-state index in [0.29, 0.717) is 5.56 Å². The topological polar surface area (TPSA) is 51.2 Å². The molecule has 0 aliphatic rings. The number of hydrogen-bond donors (Lipinski definition) is 0. The third-order valence-electron chi connectivity index (χ3n) is 3.13. The smallest absolute Gasteiger partial charge is 0.177 e. The second-order valence-electron chi connectivity index (χ2n) is 4.89. The number of rotatable bonds is 5. The van der Waals surface area contributed by atoms with Crippen LogP contribution < -0.4 is 0 Å². The van der Waals surface area contributed by atoms with E-state index in [9.17, 15) is 13.2 Å². The van der Waals surface area contributed by atoms with E-state index in [0.717, 1.165) is 15.6 Å². The van der Waals surface area contributed by atoms with Crippen LogP contribution >= 0.6 is 15.9 Å². The molecule has 5 heteroatoms. The molecule has 0 aromatic heterocycles. The predicted octanol–water partition coefficient (Wildman–Crippen LogP) is 3.56. The molecular formula is C16H15BrO3S. The second kappa shape index (κ2) is 6.54. The Morgan fingerprint density at radius 3 is 2.48 bits per heavy atom. The zero-order valence-electron chi connectivity index (χ0n) is 11.5. The van der Waals surface area contributed by atoms with E-state index in [1.807, 2.05) is 19.1 Å². The maximum atomic E-state index is 12.2. The quantitative estimate of drug-likeness (QED) is 0.760. The highest BCUT2D eigenvalue weighted by Crippen LogP contribution is 2.15. The van der Waals surface area contributed by atoms with Crippen LogP contribution in [0.4, 0.5) is 0 Å². The number of ketones is 1. The van der Waals surface area contributed by atoms with E-state index < -0.39 is 15.6 Å². The number of halogens is 1. The number of benzene rings is 2. The van der Waals surface area contributed by atoms with E-state index in [4.69, 9.17) is 0 Å². The van der Waals surface area contributed by atoms with Crippen molar-refractivity contribution in [2.75, 3.05) is 5.75 Å². The molecule has 2 aromatic carbocycles. The first-order chi connectivity index (χ1) is 9.87. The molecule has 3 nitrogen and oxygen atoms in total. The van der Waals surface area contributed by atoms with Gasteiger partial charge in [0, 0.05) is 10.0 Å². The fraction of sp³-hybridized carbons (Fsp3) is 0.188. The molecule has 21 heavy (non-hydrogen) atoms. The van der Waals surface area contributed by atoms with Gasteiger partial charge in [0.25, 0.3) is 0 Å². The summed E-state index contributed by atoms with van der Waals surface area (Å²) in [5.74, 6) is -0.970. The van der Waals surface area contributed by atoms with Gasteiger partial charge in [0.1, 0.15) is 5.75 Å². The van der Waals surface area contributed by atoms with Gasteiger partial charge in [-0.3, -0.25) is 4.79 Å². The Morgan fingerprint density at radius 2 is 1.81 bits per heavy atom. The number of carbonyl (C=O) groups is 1. The van der Waals surface area contributed by atoms with Crippen LogP contribution in [-0.4, -0.2) is 20.0 Å². The van der Waals surface area contributed by atoms with Crippen LogP contribution in [0.15, 0.2) is 53.0 Å². The maximum Gasteiger partial charge on any atom is 0.177 e. The van der Waals surface area contributed by atoms with Gasteiger partial charge in [-0.1, -0.05) is 52.3 Å². The Hall–Kier alpha value is -1.46. The molecule has 0 amide bonds. The average molecular weight is 367 g/mol. The van der Waals surface area contributed by atoms with Crippen LogP contribution in [0.3, 0.4) is 0 Å². The van der Waals surface area contributed by atoms with E-state index >= 15 is 0 Å². The molecule has 0 heterocycles. The number of carbonyl (C=O) groups excluding carboxylic acids is 1. The predicted molar refractivity (Wildman–Crippen MR) is 87.1 cm³/mol. The van der Waals surface area contributed by atoms with Crippen LogP contribution in [0.5, 0.6) is 0 Å². The summed E-state index contributed by atoms with van der Waals surface area (Å²) in [6, 6.07) is 14.1. The summed E-state index contributed by atoms with van der Waals surface area (Å²) < 4.78 is 25.1. The molecule has 2 aromatic rings. The first-order valence-corrected chi connectivity index (χ1v) is 9.02. The van der Waals surface area contributed by atoms with Gasteiger partial charge in [-0.25, -0.2) is 8.42 Å². The molecule has 0 aliphatic heterocycles. The minimum Gasteiger partial charge on any atom is -0.293 e. The molecule has 0 spiro atoms. The summed E-state index contributed by atoms with van der Waals surface area (Å²) in [4.78, 5) is 12.1. The summed E-state index contributed by atoms with van der Waals surface area (Å²) in [5.41, 5.74) is 2.05. The molecular weight excluding hydrogens is 352 g/mol. The van der Waals surface area contributed by atoms with Crippen LogP contribution in [0.1, 0.15) is 21.5 Å². The molecule has 2 rings (SSSR count). The second-order valence-corrected chi connectivity index (χ2v) is 7.87. The lowest BCUT2D eigenvalue weighted by molar-refractivity contribution is 0.102. The van der Waals surface area contributed by atoms with Crippen LogP contribution in [0, 0.1) is 6.92 Å². The van der Waals surface area contributed by atoms with Gasteiger partial charge in [0.05, 0.1) is 5.75 Å². The third kappa shape index (κ3) is 4.51. The van der Waals surface area contributed by atoms with E-state index in [1.165, 1.54) is 0 Å². The van der Waals surface area contributed by atoms with Gasteiger partial charge in [-0.05, 0) is 30.2 Å². The van der Waals surface area contributed by atoms with E-state index in [2.05, 4.69) is 15.9 Å². The van der Waals surface area contributed by atoms with Gasteiger partial charge in [-0.15, -0.1) is 0 Å². The van der Waals surface area contributed by atoms with Crippen molar-refractivity contribution >= 4 is 31.6 Å². The number of sulfone groups is 1. The Kier molecular flexibility index (Phi) is 4.96. The first kappa shape index (κ1) is 15.9. The Balaban J connectivity index is 2.15. The molecule has 0 atom stereocenters. The Bertz CT molecular complexity index is 767. The molecule has 0 saturated heterocycles. The molecule has 0 saturated carbocycles. The van der Waals surface area contributed by atoms with Gasteiger partial charge in [0.2, 0.25) is 0 Å². The van der Waals surface area contributed by atoms with Gasteiger partial charge in [0.15, 0.2) is 15.6 Å². The molecule has 0 N–H and O–H groups in total. The monoisotopic (exact) mass is 366 g/mol. The fourth-order valence-electron chi connectivity index (χ4n) is 2.00. The molecule has 0 fully saturated rings. The number of aryl methyl sites for hydroxylation is 1. The van der Waals surface area contributed by atoms with Gasteiger partial charge < -0.3 is 0 Å². The SMILES string of the molecule is Cc1ccccc1CS(=O)(=O)CC(=O)c1cccc(Br)c1. The van der Waals surface area contributed by atoms with Gasteiger partial charge in [-0.2, -0.15) is 0 Å². The first-order valence-electron chi connectivity index (χ1n) is 6.41. The van der Waals surface area contributed by atoms with Crippen LogP contribution in [0.2, 0.25) is 0 Å². The normalized spacial score (nSPS) is 11.3. The maximum absolute atomic E-state index is 12.2. The third-order valence-corrected chi connectivity index (χ3v) is 5.08. The summed E-state index contributed by atoms with van der Waals surface area (Å²) in [6.07, 6.45) is 0. The standard InChI is InChI=1S/C16H15BrO3S/c1-12-5-2-3-6-14(12)10-21(19,20)11-16(18)13-7-4-8-15(17)9-13/h2-9H,10-11H2,1H3. The van der Waals surface area contributed by atoms with E-state index in [-0.39, 0.29) is 11.5 Å². The zero-order chi connectivity index (χ0) is 15.5. The molecule has 0 aliphatic carbocycles. The van der Waals surface area contributed by atoms with Crippen molar-refractivity contribution in [3.63, 3.8) is 0 Å². The highest BCUT2D eigenvalue weighted by atomic mass is 79.9. The number of Topliss-reactive ketones (excluding diaryl/α,β-unsaturated/α-hetero) is 1. The summed E-state index contributed by atoms with van der Waals surface area (Å²) in [7, 11) is -3.48. The lowest BCUT2D eigenvalue weighted by atomic mass is 10.1. The molecule has 110 valence electrons. The molecule has 0 bridgehead atoms. The van der Waals surface area contributed by atoms with Crippen molar-refractivity contribution in [1.29, 1.82) is 0 Å². The van der Waals surface area contributed by atoms with E-state index in [1.54, 1.807) is 36.4 Å². The largest absolute Gasteiger partial charge is 0.293 e. The summed E-state index contributed by atoms with van der Waals surface area (Å²) in [6.45, 7) is 1.86. The Morgan fingerprint density at radius 1 is 1.10 bits per heavy atom. The van der Waals surface area contributed by atoms with Gasteiger partial charge >= 0.3 is 0 Å². The Labute approximate surface area is 133 Å². The van der Waals surface area contributed by atoms with Crippen molar-refractivity contribution in [2.45, 2.75) is 12.7 Å². The van der Waals surface area contributed by atoms with Crippen molar-refractivity contribution in [2.24, 2.45) is 0 Å². The molecule has 0 radical (unpaired) electrons. The summed E-state index contributed by atoms with van der Waals surface area (Å²) in [5, 5.41) is 0. The van der Waals surface area contributed by atoms with Crippen LogP contribution in [0.25, 0.3) is 0 Å². The highest BCUT2D eigenvalue weighted by Gasteiger charge is 2.19. The zero-order valence-corrected chi connectivity index (χ0v) is 13.9. The molecule has 0 unspecified atom stereocenters.